The zero-order valence-corrected chi connectivity index (χ0v) is 20.2. The third kappa shape index (κ3) is 4.39. The summed E-state index contributed by atoms with van der Waals surface area (Å²) in [6.45, 7) is 4.53. The summed E-state index contributed by atoms with van der Waals surface area (Å²) < 4.78 is 56.5. The van der Waals surface area contributed by atoms with E-state index < -0.39 is 45.1 Å². The first kappa shape index (κ1) is 25.1. The summed E-state index contributed by atoms with van der Waals surface area (Å²) in [5.74, 6) is -0.0911. The number of carbonyl (C=O) groups is 1. The minimum atomic E-state index is -3.23. The van der Waals surface area contributed by atoms with Crippen molar-refractivity contribution in [3.05, 3.63) is 41.9 Å². The Morgan fingerprint density at radius 3 is 2.71 bits per heavy atom. The zero-order valence-electron chi connectivity index (χ0n) is 19.4. The number of alkyl halides is 2. The Bertz CT molecular complexity index is 1160. The van der Waals surface area contributed by atoms with Gasteiger partial charge in [0.1, 0.15) is 27.6 Å². The number of nitrogens with one attached hydrogen (secondary N) is 1. The number of nitrogens with two attached hydrogens (primary N) is 1. The second-order valence-corrected chi connectivity index (χ2v) is 11.8. The highest BCUT2D eigenvalue weighted by Gasteiger charge is 2.57. The third-order valence-corrected chi connectivity index (χ3v) is 9.58. The quantitative estimate of drug-likeness (QED) is 0.475. The average Bonchev–Trinajstić information content (AvgIpc) is 2.94. The molecule has 0 saturated heterocycles. The van der Waals surface area contributed by atoms with Gasteiger partial charge in [0.25, 0.3) is 12.3 Å². The van der Waals surface area contributed by atoms with Crippen LogP contribution in [-0.4, -0.2) is 60.5 Å². The van der Waals surface area contributed by atoms with E-state index in [4.69, 9.17) is 20.2 Å². The van der Waals surface area contributed by atoms with Crippen molar-refractivity contribution in [2.24, 2.45) is 10.7 Å². The third-order valence-electron chi connectivity index (χ3n) is 6.38. The maximum absolute atomic E-state index is 12.7. The number of halogens is 2. The molecule has 10 nitrogen and oxygen atoms in total. The van der Waals surface area contributed by atoms with Crippen LogP contribution in [0.2, 0.25) is 0 Å². The van der Waals surface area contributed by atoms with Gasteiger partial charge in [-0.25, -0.2) is 18.7 Å². The van der Waals surface area contributed by atoms with Crippen molar-refractivity contribution in [3.8, 4) is 11.6 Å². The second kappa shape index (κ2) is 8.88. The molecule has 0 radical (unpaired) electrons. The van der Waals surface area contributed by atoms with Crippen LogP contribution in [0.25, 0.3) is 0 Å². The average molecular weight is 512 g/mol. The van der Waals surface area contributed by atoms with Gasteiger partial charge in [-0.2, -0.15) is 10.6 Å². The molecular weight excluding hydrogens is 484 g/mol. The highest BCUT2D eigenvalue weighted by Crippen LogP contribution is 2.66. The zero-order chi connectivity index (χ0) is 25.6. The maximum Gasteiger partial charge on any atom is 0.275 e. The summed E-state index contributed by atoms with van der Waals surface area (Å²) in [7, 11) is -3.23. The van der Waals surface area contributed by atoms with Crippen LogP contribution in [0.1, 0.15) is 43.2 Å². The van der Waals surface area contributed by atoms with Gasteiger partial charge >= 0.3 is 0 Å². The monoisotopic (exact) mass is 511 g/mol. The molecule has 2 aromatic rings. The fourth-order valence-corrected chi connectivity index (χ4v) is 6.53. The number of carbonyl (C=O) groups excluding carboxylic acids is 1. The number of hydrogen-bond acceptors (Lipinski definition) is 9. The highest BCUT2D eigenvalue weighted by atomic mass is 32.3. The number of anilines is 1. The standard InChI is InChI=1S/C22H27F2N5O5S/c1-21(2)20(25)29-22(3)13-8-12(4-5-15(13)33-7-6-16(22)35(21,31)32)28-19(30)14-9-27-18(10-26-14)34-11-17(23)24/h4-5,8-10,16-17,31-32H,6-7,11H2,1-3H3,(H2,25,29)(H,28,30)/t16-,22-/m1/s1. The number of benzene rings is 1. The molecule has 1 aromatic carbocycles. The van der Waals surface area contributed by atoms with Crippen molar-refractivity contribution in [2.75, 3.05) is 18.5 Å². The van der Waals surface area contributed by atoms with Gasteiger partial charge in [-0.1, -0.05) is 0 Å². The number of fused-ring (bicyclic) bond motifs is 3. The molecule has 0 spiro atoms. The van der Waals surface area contributed by atoms with Crippen molar-refractivity contribution in [2.45, 2.75) is 49.2 Å². The van der Waals surface area contributed by atoms with E-state index >= 15 is 0 Å². The van der Waals surface area contributed by atoms with Crippen molar-refractivity contribution in [3.63, 3.8) is 0 Å². The predicted molar refractivity (Wildman–Crippen MR) is 128 cm³/mol. The number of aromatic nitrogens is 2. The van der Waals surface area contributed by atoms with E-state index in [9.17, 15) is 22.7 Å². The van der Waals surface area contributed by atoms with Crippen LogP contribution in [0.4, 0.5) is 14.5 Å². The van der Waals surface area contributed by atoms with Crippen molar-refractivity contribution < 1.29 is 32.2 Å². The van der Waals surface area contributed by atoms with E-state index in [0.29, 0.717) is 23.4 Å². The molecule has 1 amide bonds. The molecule has 2 aliphatic rings. The van der Waals surface area contributed by atoms with Crippen LogP contribution >= 0.6 is 10.6 Å². The van der Waals surface area contributed by atoms with Gasteiger partial charge in [-0.15, -0.1) is 0 Å². The molecule has 0 bridgehead atoms. The Morgan fingerprint density at radius 1 is 1.31 bits per heavy atom. The van der Waals surface area contributed by atoms with Crippen LogP contribution in [0.15, 0.2) is 35.6 Å². The predicted octanol–water partition coefficient (Wildman–Crippen LogP) is 3.64. The lowest BCUT2D eigenvalue weighted by Crippen LogP contribution is -2.56. The molecule has 190 valence electrons. The van der Waals surface area contributed by atoms with Gasteiger partial charge in [0.2, 0.25) is 5.88 Å². The highest BCUT2D eigenvalue weighted by molar-refractivity contribution is 8.26. The number of aliphatic imine (C=N–C) groups is 1. The van der Waals surface area contributed by atoms with E-state index in [0.717, 1.165) is 12.4 Å². The number of amidine groups is 1. The van der Waals surface area contributed by atoms with Gasteiger partial charge in [0, 0.05) is 17.7 Å². The van der Waals surface area contributed by atoms with Crippen LogP contribution < -0.4 is 20.5 Å². The van der Waals surface area contributed by atoms with E-state index in [1.165, 1.54) is 0 Å². The topological polar surface area (TPSA) is 152 Å². The lowest BCUT2D eigenvalue weighted by atomic mass is 9.86. The van der Waals surface area contributed by atoms with Crippen molar-refractivity contribution >= 4 is 28.0 Å². The second-order valence-electron chi connectivity index (χ2n) is 8.98. The van der Waals surface area contributed by atoms with E-state index in [2.05, 4.69) is 15.3 Å². The fraction of sp³-hybridized carbons (Fsp3) is 0.455. The molecule has 5 N–H and O–H groups in total. The molecule has 0 unspecified atom stereocenters. The summed E-state index contributed by atoms with van der Waals surface area (Å²) in [5, 5.41) is 2.05. The van der Waals surface area contributed by atoms with Crippen molar-refractivity contribution in [1.29, 1.82) is 0 Å². The molecule has 13 heteroatoms. The number of rotatable bonds is 5. The lowest BCUT2D eigenvalue weighted by molar-refractivity contribution is 0.0792. The summed E-state index contributed by atoms with van der Waals surface area (Å²) in [5.41, 5.74) is 5.99. The smallest absolute Gasteiger partial charge is 0.275 e. The van der Waals surface area contributed by atoms with Gasteiger partial charge in [-0.05, 0) is 39.0 Å². The van der Waals surface area contributed by atoms with Crippen LogP contribution in [-0.2, 0) is 5.54 Å². The molecule has 35 heavy (non-hydrogen) atoms. The lowest BCUT2D eigenvalue weighted by Gasteiger charge is -2.58. The van der Waals surface area contributed by atoms with Gasteiger partial charge in [0.05, 0.1) is 24.3 Å². The largest absolute Gasteiger partial charge is 0.493 e. The first-order valence-corrected chi connectivity index (χ1v) is 12.4. The van der Waals surface area contributed by atoms with Gasteiger partial charge < -0.3 is 20.5 Å². The minimum Gasteiger partial charge on any atom is -0.493 e. The van der Waals surface area contributed by atoms with Gasteiger partial charge in [-0.3, -0.25) is 18.9 Å². The number of hydrogen-bond donors (Lipinski definition) is 4. The number of nitrogens with zero attached hydrogens (tertiary/aromatic N) is 3. The summed E-state index contributed by atoms with van der Waals surface area (Å²) in [6.07, 6.45) is -0.106. The van der Waals surface area contributed by atoms with E-state index in [-0.39, 0.29) is 24.0 Å². The normalized spacial score (nSPS) is 25.3. The van der Waals surface area contributed by atoms with Crippen LogP contribution in [0, 0.1) is 0 Å². The van der Waals surface area contributed by atoms with Gasteiger partial charge in [0.15, 0.2) is 6.61 Å². The molecular formula is C22H27F2N5O5S. The summed E-state index contributed by atoms with van der Waals surface area (Å²) in [6, 6.07) is 4.96. The first-order chi connectivity index (χ1) is 16.4. The maximum atomic E-state index is 12.7. The fourth-order valence-electron chi connectivity index (χ4n) is 4.22. The van der Waals surface area contributed by atoms with Crippen LogP contribution in [0.5, 0.6) is 11.6 Å². The Morgan fingerprint density at radius 2 is 2.06 bits per heavy atom. The first-order valence-electron chi connectivity index (χ1n) is 10.8. The Labute approximate surface area is 202 Å². The SMILES string of the molecule is CC1(C)C(N)=N[C@]2(C)c3cc(NC(=O)c4cnc(OCC(F)F)cn4)ccc3OCC[C@H]2S1(O)O. The molecule has 4 rings (SSSR count). The molecule has 0 aliphatic carbocycles. The molecule has 2 aliphatic heterocycles. The molecule has 3 heterocycles. The van der Waals surface area contributed by atoms with E-state index in [1.807, 2.05) is 0 Å². The molecule has 0 fully saturated rings. The summed E-state index contributed by atoms with van der Waals surface area (Å²) >= 11 is 0. The number of amides is 1. The summed E-state index contributed by atoms with van der Waals surface area (Å²) in [4.78, 5) is 25.1. The molecule has 1 aromatic heterocycles. The molecule has 2 atom stereocenters. The Kier molecular flexibility index (Phi) is 6.36. The molecule has 0 saturated carbocycles. The minimum absolute atomic E-state index is 0.0551. The Balaban J connectivity index is 1.63. The number of ether oxygens (including phenoxy) is 2. The van der Waals surface area contributed by atoms with Crippen molar-refractivity contribution in [1.82, 2.24) is 9.97 Å². The van der Waals surface area contributed by atoms with E-state index in [1.54, 1.807) is 39.0 Å². The Hall–Kier alpha value is -3.03. The van der Waals surface area contributed by atoms with Crippen LogP contribution in [0.3, 0.4) is 0 Å².